The lowest BCUT2D eigenvalue weighted by atomic mass is 10.3. The first-order chi connectivity index (χ1) is 6.91. The maximum absolute atomic E-state index is 11.1. The molecule has 0 aromatic heterocycles. The number of rotatable bonds is 5. The number of sulfone groups is 1. The summed E-state index contributed by atoms with van der Waals surface area (Å²) in [5.41, 5.74) is 0. The Morgan fingerprint density at radius 1 is 1.47 bits per heavy atom. The van der Waals surface area contributed by atoms with Crippen LogP contribution >= 0.6 is 0 Å². The highest BCUT2D eigenvalue weighted by Gasteiger charge is 2.36. The molecule has 0 aromatic carbocycles. The second kappa shape index (κ2) is 5.25. The number of ether oxygens (including phenoxy) is 1. The van der Waals surface area contributed by atoms with Crippen LogP contribution in [0.25, 0.3) is 0 Å². The molecule has 2 N–H and O–H groups in total. The van der Waals surface area contributed by atoms with E-state index >= 15 is 0 Å². The average molecular weight is 237 g/mol. The van der Waals surface area contributed by atoms with Crippen LogP contribution in [-0.4, -0.2) is 56.4 Å². The molecule has 0 spiro atoms. The first-order valence-corrected chi connectivity index (χ1v) is 6.96. The predicted octanol–water partition coefficient (Wildman–Crippen LogP) is -0.841. The molecule has 1 heterocycles. The molecule has 15 heavy (non-hydrogen) atoms. The van der Waals surface area contributed by atoms with Gasteiger partial charge in [0.25, 0.3) is 0 Å². The van der Waals surface area contributed by atoms with Crippen LogP contribution in [0, 0.1) is 0 Å². The Kier molecular flexibility index (Phi) is 4.51. The van der Waals surface area contributed by atoms with Crippen molar-refractivity contribution in [2.24, 2.45) is 0 Å². The molecule has 0 saturated carbocycles. The van der Waals surface area contributed by atoms with Crippen molar-refractivity contribution in [1.82, 2.24) is 5.32 Å². The van der Waals surface area contributed by atoms with Crippen LogP contribution in [0.15, 0.2) is 0 Å². The molecule has 2 unspecified atom stereocenters. The summed E-state index contributed by atoms with van der Waals surface area (Å²) in [4.78, 5) is 0. The largest absolute Gasteiger partial charge is 0.389 e. The van der Waals surface area contributed by atoms with Gasteiger partial charge in [0.15, 0.2) is 9.84 Å². The van der Waals surface area contributed by atoms with Gasteiger partial charge in [0.05, 0.1) is 30.3 Å². The smallest absolute Gasteiger partial charge is 0.155 e. The van der Waals surface area contributed by atoms with Crippen molar-refractivity contribution in [3.05, 3.63) is 0 Å². The number of hydrogen-bond acceptors (Lipinski definition) is 5. The topological polar surface area (TPSA) is 75.6 Å². The van der Waals surface area contributed by atoms with Gasteiger partial charge < -0.3 is 15.2 Å². The molecule has 90 valence electrons. The lowest BCUT2D eigenvalue weighted by Gasteiger charge is -2.15. The summed E-state index contributed by atoms with van der Waals surface area (Å²) < 4.78 is 27.6. The van der Waals surface area contributed by atoms with Gasteiger partial charge in [-0.2, -0.15) is 0 Å². The Bertz CT molecular complexity index is 288. The minimum Gasteiger partial charge on any atom is -0.389 e. The maximum Gasteiger partial charge on any atom is 0.155 e. The molecule has 0 aromatic rings. The molecule has 1 saturated heterocycles. The highest BCUT2D eigenvalue weighted by atomic mass is 32.2. The molecule has 1 aliphatic heterocycles. The van der Waals surface area contributed by atoms with Crippen molar-refractivity contribution in [1.29, 1.82) is 0 Å². The van der Waals surface area contributed by atoms with Crippen LogP contribution in [0.2, 0.25) is 0 Å². The summed E-state index contributed by atoms with van der Waals surface area (Å²) in [6.45, 7) is 5.14. The summed E-state index contributed by atoms with van der Waals surface area (Å²) in [5.74, 6) is -0.231. The minimum absolute atomic E-state index is 0.0597. The zero-order valence-electron chi connectivity index (χ0n) is 9.14. The van der Waals surface area contributed by atoms with E-state index in [0.29, 0.717) is 19.2 Å². The van der Waals surface area contributed by atoms with Gasteiger partial charge in [-0.25, -0.2) is 8.42 Å². The molecule has 5 nitrogen and oxygen atoms in total. The van der Waals surface area contributed by atoms with Gasteiger partial charge in [-0.1, -0.05) is 13.8 Å². The van der Waals surface area contributed by atoms with Crippen molar-refractivity contribution in [2.75, 3.05) is 24.7 Å². The Balaban J connectivity index is 2.23. The molecule has 0 radical (unpaired) electrons. The third kappa shape index (κ3) is 4.46. The van der Waals surface area contributed by atoms with Gasteiger partial charge in [-0.3, -0.25) is 0 Å². The van der Waals surface area contributed by atoms with E-state index in [-0.39, 0.29) is 11.5 Å². The van der Waals surface area contributed by atoms with Gasteiger partial charge in [-0.05, 0) is 0 Å². The Labute approximate surface area is 90.7 Å². The molecular weight excluding hydrogens is 218 g/mol. The van der Waals surface area contributed by atoms with Gasteiger partial charge in [-0.15, -0.1) is 0 Å². The molecule has 1 aliphatic rings. The van der Waals surface area contributed by atoms with Crippen LogP contribution in [0.3, 0.4) is 0 Å². The van der Waals surface area contributed by atoms with Crippen LogP contribution in [-0.2, 0) is 14.6 Å². The van der Waals surface area contributed by atoms with E-state index in [9.17, 15) is 13.5 Å². The van der Waals surface area contributed by atoms with Crippen LogP contribution in [0.5, 0.6) is 0 Å². The minimum atomic E-state index is -3.09. The zero-order valence-corrected chi connectivity index (χ0v) is 9.96. The lowest BCUT2D eigenvalue weighted by Crippen LogP contribution is -2.32. The summed E-state index contributed by atoms with van der Waals surface area (Å²) >= 11 is 0. The highest BCUT2D eigenvalue weighted by Crippen LogP contribution is 2.15. The number of hydrogen-bond donors (Lipinski definition) is 2. The number of aliphatic hydroxyl groups excluding tert-OH is 1. The summed E-state index contributed by atoms with van der Waals surface area (Å²) in [5, 5.41) is 12.6. The Morgan fingerprint density at radius 3 is 2.60 bits per heavy atom. The quantitative estimate of drug-likeness (QED) is 0.610. The van der Waals surface area contributed by atoms with Crippen LogP contribution in [0.1, 0.15) is 13.8 Å². The SMILES string of the molecule is CC(C)NCCOC1CS(=O)(=O)CC1O. The van der Waals surface area contributed by atoms with Gasteiger partial charge in [0, 0.05) is 12.6 Å². The molecular formula is C9H19NO4S. The average Bonchev–Trinajstić information content (AvgIpc) is 2.33. The molecule has 0 bridgehead atoms. The first-order valence-electron chi connectivity index (χ1n) is 5.14. The van der Waals surface area contributed by atoms with Gasteiger partial charge in [0.2, 0.25) is 0 Å². The van der Waals surface area contributed by atoms with Crippen molar-refractivity contribution in [3.8, 4) is 0 Å². The van der Waals surface area contributed by atoms with E-state index in [2.05, 4.69) is 5.32 Å². The van der Waals surface area contributed by atoms with E-state index in [1.54, 1.807) is 0 Å². The van der Waals surface area contributed by atoms with E-state index in [0.717, 1.165) is 0 Å². The number of nitrogens with one attached hydrogen (secondary N) is 1. The second-order valence-corrected chi connectivity index (χ2v) is 6.32. The monoisotopic (exact) mass is 237 g/mol. The third-order valence-electron chi connectivity index (χ3n) is 2.26. The van der Waals surface area contributed by atoms with Crippen molar-refractivity contribution in [3.63, 3.8) is 0 Å². The lowest BCUT2D eigenvalue weighted by molar-refractivity contribution is -0.00642. The fourth-order valence-electron chi connectivity index (χ4n) is 1.51. The van der Waals surface area contributed by atoms with E-state index < -0.39 is 22.0 Å². The zero-order chi connectivity index (χ0) is 11.5. The number of aliphatic hydroxyl groups is 1. The van der Waals surface area contributed by atoms with E-state index in [1.807, 2.05) is 13.8 Å². The first kappa shape index (κ1) is 12.9. The predicted molar refractivity (Wildman–Crippen MR) is 57.5 cm³/mol. The fourth-order valence-corrected chi connectivity index (χ4v) is 3.20. The molecule has 1 fully saturated rings. The normalized spacial score (nSPS) is 29.9. The molecule has 2 atom stereocenters. The van der Waals surface area contributed by atoms with Gasteiger partial charge in [0.1, 0.15) is 0 Å². The van der Waals surface area contributed by atoms with E-state index in [4.69, 9.17) is 4.74 Å². The maximum atomic E-state index is 11.1. The van der Waals surface area contributed by atoms with Gasteiger partial charge >= 0.3 is 0 Å². The molecule has 1 rings (SSSR count). The fraction of sp³-hybridized carbons (Fsp3) is 1.00. The third-order valence-corrected chi connectivity index (χ3v) is 3.94. The van der Waals surface area contributed by atoms with Crippen LogP contribution in [0.4, 0.5) is 0 Å². The Hall–Kier alpha value is -0.170. The summed E-state index contributed by atoms with van der Waals surface area (Å²) in [6, 6.07) is 0.380. The van der Waals surface area contributed by atoms with Crippen LogP contribution < -0.4 is 5.32 Å². The molecule has 0 aliphatic carbocycles. The van der Waals surface area contributed by atoms with Crippen molar-refractivity contribution < 1.29 is 18.3 Å². The van der Waals surface area contributed by atoms with Crippen molar-refractivity contribution >= 4 is 9.84 Å². The van der Waals surface area contributed by atoms with E-state index in [1.165, 1.54) is 0 Å². The Morgan fingerprint density at radius 2 is 2.13 bits per heavy atom. The molecule has 0 amide bonds. The highest BCUT2D eigenvalue weighted by molar-refractivity contribution is 7.91. The summed E-state index contributed by atoms with van der Waals surface area (Å²) in [6.07, 6.45) is -1.42. The summed E-state index contributed by atoms with van der Waals surface area (Å²) in [7, 11) is -3.09. The second-order valence-electron chi connectivity index (χ2n) is 4.16. The molecule has 6 heteroatoms. The standard InChI is InChI=1S/C9H19NO4S/c1-7(2)10-3-4-14-9-6-15(12,13)5-8(9)11/h7-11H,3-6H2,1-2H3. The van der Waals surface area contributed by atoms with Crippen molar-refractivity contribution in [2.45, 2.75) is 32.1 Å².